The van der Waals surface area contributed by atoms with Crippen molar-refractivity contribution >= 4 is 5.97 Å². The first-order chi connectivity index (χ1) is 10.6. The van der Waals surface area contributed by atoms with Crippen molar-refractivity contribution in [3.63, 3.8) is 0 Å². The van der Waals surface area contributed by atoms with Crippen molar-refractivity contribution in [3.8, 4) is 5.75 Å². The van der Waals surface area contributed by atoms with Gasteiger partial charge in [-0.3, -0.25) is 9.78 Å². The first kappa shape index (κ1) is 18.3. The number of hydrogen-bond donors (Lipinski definition) is 0. The third-order valence-electron chi connectivity index (χ3n) is 3.20. The number of carbonyl (C=O) groups is 1. The second-order valence-electron chi connectivity index (χ2n) is 4.98. The van der Waals surface area contributed by atoms with E-state index in [-0.39, 0.29) is 5.97 Å². The number of aromatic nitrogens is 1. The molecule has 0 amide bonds. The predicted molar refractivity (Wildman–Crippen MR) is 84.7 cm³/mol. The highest BCUT2D eigenvalue weighted by Gasteiger charge is 2.17. The number of methoxy groups -OCH3 is 2. The van der Waals surface area contributed by atoms with Crippen LogP contribution in [0.4, 0.5) is 0 Å². The van der Waals surface area contributed by atoms with E-state index >= 15 is 0 Å². The summed E-state index contributed by atoms with van der Waals surface area (Å²) in [5.41, 5.74) is 2.36. The fourth-order valence-corrected chi connectivity index (χ4v) is 2.09. The molecule has 122 valence electrons. The van der Waals surface area contributed by atoms with Gasteiger partial charge in [0.15, 0.2) is 5.75 Å². The summed E-state index contributed by atoms with van der Waals surface area (Å²) in [6.45, 7) is 4.53. The summed E-state index contributed by atoms with van der Waals surface area (Å²) >= 11 is 0. The Morgan fingerprint density at radius 3 is 2.64 bits per heavy atom. The van der Waals surface area contributed by atoms with E-state index in [4.69, 9.17) is 14.2 Å². The van der Waals surface area contributed by atoms with Gasteiger partial charge in [0.25, 0.3) is 0 Å². The molecule has 0 N–H and O–H groups in total. The molecule has 0 aliphatic carbocycles. The Labute approximate surface area is 132 Å². The van der Waals surface area contributed by atoms with Crippen LogP contribution in [0.15, 0.2) is 18.3 Å². The summed E-state index contributed by atoms with van der Waals surface area (Å²) in [4.78, 5) is 16.3. The highest BCUT2D eigenvalue weighted by Crippen LogP contribution is 2.27. The van der Waals surface area contributed by atoms with E-state index in [0.29, 0.717) is 31.1 Å². The predicted octanol–water partition coefficient (Wildman–Crippen LogP) is 3.33. The summed E-state index contributed by atoms with van der Waals surface area (Å²) in [7, 11) is 3.22. The lowest BCUT2D eigenvalue weighted by Gasteiger charge is -2.15. The van der Waals surface area contributed by atoms with Gasteiger partial charge in [-0.25, -0.2) is 0 Å². The zero-order valence-electron chi connectivity index (χ0n) is 13.8. The second kappa shape index (κ2) is 10.1. The Bertz CT molecular complexity index is 512. The quantitative estimate of drug-likeness (QED) is 0.398. The molecule has 0 saturated carbocycles. The Hall–Kier alpha value is -1.72. The van der Waals surface area contributed by atoms with Crippen LogP contribution >= 0.6 is 0 Å². The Morgan fingerprint density at radius 2 is 2.00 bits per heavy atom. The van der Waals surface area contributed by atoms with E-state index in [1.54, 1.807) is 20.4 Å². The molecule has 0 atom stereocenters. The van der Waals surface area contributed by atoms with E-state index in [1.165, 1.54) is 0 Å². The zero-order valence-corrected chi connectivity index (χ0v) is 13.8. The van der Waals surface area contributed by atoms with E-state index in [1.807, 2.05) is 26.0 Å². The maximum absolute atomic E-state index is 12.0. The molecule has 0 aromatic carbocycles. The fourth-order valence-electron chi connectivity index (χ4n) is 2.09. The lowest BCUT2D eigenvalue weighted by Crippen LogP contribution is -2.13. The van der Waals surface area contributed by atoms with Crippen LogP contribution in [-0.4, -0.2) is 25.2 Å². The maximum atomic E-state index is 12.0. The van der Waals surface area contributed by atoms with Crippen molar-refractivity contribution in [1.82, 2.24) is 4.98 Å². The third kappa shape index (κ3) is 5.58. The van der Waals surface area contributed by atoms with Gasteiger partial charge in [0.2, 0.25) is 0 Å². The molecule has 1 aromatic rings. The van der Waals surface area contributed by atoms with Crippen molar-refractivity contribution in [3.05, 3.63) is 35.2 Å². The topological polar surface area (TPSA) is 57.7 Å². The van der Waals surface area contributed by atoms with Crippen LogP contribution in [0.1, 0.15) is 43.0 Å². The van der Waals surface area contributed by atoms with Gasteiger partial charge in [-0.1, -0.05) is 12.2 Å². The van der Waals surface area contributed by atoms with Crippen LogP contribution in [0.2, 0.25) is 0 Å². The standard InChI is InChI=1S/C17H25NO4/c1-5-6-7-8-9-16(19)22-17-13(2)18-10-14(11-20-3)15(17)12-21-4/h5-6,10H,7-9,11-12H2,1-4H3/b6-5-. The number of aryl methyl sites for hydroxylation is 1. The fraction of sp³-hybridized carbons (Fsp3) is 0.529. The number of hydrogen-bond acceptors (Lipinski definition) is 5. The van der Waals surface area contributed by atoms with Crippen LogP contribution in [0.25, 0.3) is 0 Å². The van der Waals surface area contributed by atoms with Crippen LogP contribution in [0.5, 0.6) is 5.75 Å². The molecule has 1 heterocycles. The van der Waals surface area contributed by atoms with Crippen molar-refractivity contribution < 1.29 is 19.0 Å². The average molecular weight is 307 g/mol. The molecule has 5 nitrogen and oxygen atoms in total. The molecule has 0 radical (unpaired) electrons. The molecule has 0 fully saturated rings. The van der Waals surface area contributed by atoms with E-state index in [0.717, 1.165) is 24.0 Å². The average Bonchev–Trinajstić information content (AvgIpc) is 2.50. The molecule has 0 saturated heterocycles. The van der Waals surface area contributed by atoms with Gasteiger partial charge < -0.3 is 14.2 Å². The van der Waals surface area contributed by atoms with Gasteiger partial charge in [0.1, 0.15) is 0 Å². The molecule has 0 bridgehead atoms. The smallest absolute Gasteiger partial charge is 0.311 e. The Balaban J connectivity index is 2.86. The second-order valence-corrected chi connectivity index (χ2v) is 4.98. The molecular weight excluding hydrogens is 282 g/mol. The summed E-state index contributed by atoms with van der Waals surface area (Å²) in [5, 5.41) is 0. The molecule has 0 spiro atoms. The van der Waals surface area contributed by atoms with Crippen molar-refractivity contribution in [1.29, 1.82) is 0 Å². The van der Waals surface area contributed by atoms with Gasteiger partial charge in [-0.15, -0.1) is 0 Å². The first-order valence-electron chi connectivity index (χ1n) is 7.41. The number of unbranched alkanes of at least 4 members (excludes halogenated alkanes) is 1. The largest absolute Gasteiger partial charge is 0.424 e. The molecule has 1 rings (SSSR count). The monoisotopic (exact) mass is 307 g/mol. The molecule has 1 aromatic heterocycles. The number of nitrogens with zero attached hydrogens (tertiary/aromatic N) is 1. The number of ether oxygens (including phenoxy) is 3. The summed E-state index contributed by atoms with van der Waals surface area (Å²) in [5.74, 6) is 0.244. The summed E-state index contributed by atoms with van der Waals surface area (Å²) < 4.78 is 15.9. The molecule has 22 heavy (non-hydrogen) atoms. The van der Waals surface area contributed by atoms with Crippen LogP contribution in [0.3, 0.4) is 0 Å². The minimum atomic E-state index is -0.249. The van der Waals surface area contributed by atoms with Gasteiger partial charge >= 0.3 is 5.97 Å². The summed E-state index contributed by atoms with van der Waals surface area (Å²) in [6.07, 6.45) is 7.77. The highest BCUT2D eigenvalue weighted by atomic mass is 16.5. The van der Waals surface area contributed by atoms with Crippen molar-refractivity contribution in [2.45, 2.75) is 46.3 Å². The van der Waals surface area contributed by atoms with Crippen LogP contribution in [-0.2, 0) is 27.5 Å². The van der Waals surface area contributed by atoms with Crippen molar-refractivity contribution in [2.75, 3.05) is 14.2 Å². The number of allylic oxidation sites excluding steroid dienone is 2. The zero-order chi connectivity index (χ0) is 16.4. The summed E-state index contributed by atoms with van der Waals surface area (Å²) in [6, 6.07) is 0. The maximum Gasteiger partial charge on any atom is 0.311 e. The molecular formula is C17H25NO4. The van der Waals surface area contributed by atoms with Crippen LogP contribution < -0.4 is 4.74 Å². The number of pyridine rings is 1. The minimum absolute atomic E-state index is 0.249. The van der Waals surface area contributed by atoms with Gasteiger partial charge in [-0.2, -0.15) is 0 Å². The minimum Gasteiger partial charge on any atom is -0.424 e. The highest BCUT2D eigenvalue weighted by molar-refractivity contribution is 5.73. The van der Waals surface area contributed by atoms with E-state index in [9.17, 15) is 4.79 Å². The number of carbonyl (C=O) groups excluding carboxylic acids is 1. The Morgan fingerprint density at radius 1 is 1.27 bits per heavy atom. The SMILES string of the molecule is C/C=C\CCCC(=O)Oc1c(C)ncc(COC)c1COC. The van der Waals surface area contributed by atoms with E-state index in [2.05, 4.69) is 4.98 Å². The Kier molecular flexibility index (Phi) is 8.40. The lowest BCUT2D eigenvalue weighted by atomic mass is 10.1. The molecule has 0 aliphatic rings. The number of rotatable bonds is 9. The number of esters is 1. The van der Waals surface area contributed by atoms with Gasteiger partial charge in [0, 0.05) is 38.0 Å². The molecule has 0 aliphatic heterocycles. The third-order valence-corrected chi connectivity index (χ3v) is 3.20. The van der Waals surface area contributed by atoms with Gasteiger partial charge in [-0.05, 0) is 26.7 Å². The molecule has 0 unspecified atom stereocenters. The van der Waals surface area contributed by atoms with E-state index < -0.39 is 0 Å². The van der Waals surface area contributed by atoms with Gasteiger partial charge in [0.05, 0.1) is 18.9 Å². The first-order valence-corrected chi connectivity index (χ1v) is 7.41. The normalized spacial score (nSPS) is 11.1. The van der Waals surface area contributed by atoms with Crippen molar-refractivity contribution in [2.24, 2.45) is 0 Å². The van der Waals surface area contributed by atoms with Crippen LogP contribution in [0, 0.1) is 6.92 Å². The lowest BCUT2D eigenvalue weighted by molar-refractivity contribution is -0.134. The molecule has 5 heteroatoms.